The first-order chi connectivity index (χ1) is 13.2. The molecule has 4 rings (SSSR count). The Labute approximate surface area is 162 Å². The molecule has 2 aromatic heterocycles. The predicted octanol–water partition coefficient (Wildman–Crippen LogP) is 3.08. The monoisotopic (exact) mass is 369 g/mol. The molecule has 2 fully saturated rings. The molecule has 146 valence electrons. The largest absolute Gasteiger partial charge is 0.465 e. The summed E-state index contributed by atoms with van der Waals surface area (Å²) in [5, 5.41) is 10.1. The van der Waals surface area contributed by atoms with Crippen molar-refractivity contribution in [3.05, 3.63) is 53.7 Å². The van der Waals surface area contributed by atoms with Gasteiger partial charge in [-0.1, -0.05) is 6.07 Å². The lowest BCUT2D eigenvalue weighted by molar-refractivity contribution is -0.0464. The smallest absolute Gasteiger partial charge is 0.118 e. The van der Waals surface area contributed by atoms with E-state index in [4.69, 9.17) is 4.42 Å². The molecule has 27 heavy (non-hydrogen) atoms. The van der Waals surface area contributed by atoms with Crippen LogP contribution < -0.4 is 0 Å². The number of aromatic nitrogens is 1. The van der Waals surface area contributed by atoms with Gasteiger partial charge in [0.15, 0.2) is 0 Å². The maximum Gasteiger partial charge on any atom is 0.118 e. The molecular weight excluding hydrogens is 338 g/mol. The van der Waals surface area contributed by atoms with Crippen LogP contribution in [0.2, 0.25) is 0 Å². The number of piperidine rings is 2. The molecule has 2 aliphatic heterocycles. The molecule has 2 aliphatic rings. The van der Waals surface area contributed by atoms with Crippen LogP contribution in [0.4, 0.5) is 0 Å². The molecule has 1 N–H and O–H groups in total. The van der Waals surface area contributed by atoms with Crippen molar-refractivity contribution in [1.82, 2.24) is 14.8 Å². The van der Waals surface area contributed by atoms with E-state index in [1.54, 1.807) is 0 Å². The minimum atomic E-state index is 0.286. The fraction of sp³-hybridized carbons (Fsp3) is 0.591. The van der Waals surface area contributed by atoms with Gasteiger partial charge in [-0.2, -0.15) is 0 Å². The van der Waals surface area contributed by atoms with Crippen LogP contribution in [0.1, 0.15) is 36.5 Å². The fourth-order valence-corrected chi connectivity index (χ4v) is 4.90. The van der Waals surface area contributed by atoms with Crippen LogP contribution in [0.3, 0.4) is 0 Å². The van der Waals surface area contributed by atoms with Crippen LogP contribution in [0.15, 0.2) is 40.9 Å². The normalized spacial score (nSPS) is 23.7. The summed E-state index contributed by atoms with van der Waals surface area (Å²) in [5.74, 6) is 2.36. The molecule has 1 spiro atoms. The highest BCUT2D eigenvalue weighted by molar-refractivity contribution is 5.07. The predicted molar refractivity (Wildman–Crippen MR) is 105 cm³/mol. The molecule has 0 unspecified atom stereocenters. The number of aryl methyl sites for hydroxylation is 1. The SMILES string of the molecule is Cc1ccc(CN2CCC3(CCN(Cc4ccccn4)CC3)[C@@H](CO)C2)o1. The van der Waals surface area contributed by atoms with Crippen LogP contribution in [0.5, 0.6) is 0 Å². The quantitative estimate of drug-likeness (QED) is 0.878. The molecule has 2 saturated heterocycles. The van der Waals surface area contributed by atoms with Gasteiger partial charge in [0.05, 0.1) is 12.2 Å². The molecule has 0 saturated carbocycles. The Morgan fingerprint density at radius 1 is 1.07 bits per heavy atom. The van der Waals surface area contributed by atoms with Gasteiger partial charge >= 0.3 is 0 Å². The fourth-order valence-electron chi connectivity index (χ4n) is 4.90. The maximum atomic E-state index is 10.1. The molecule has 5 heteroatoms. The Kier molecular flexibility index (Phi) is 5.62. The number of aliphatic hydroxyl groups is 1. The Balaban J connectivity index is 1.33. The average molecular weight is 370 g/mol. The Hall–Kier alpha value is -1.69. The third kappa shape index (κ3) is 4.26. The van der Waals surface area contributed by atoms with Gasteiger partial charge in [-0.15, -0.1) is 0 Å². The zero-order valence-corrected chi connectivity index (χ0v) is 16.3. The van der Waals surface area contributed by atoms with E-state index in [9.17, 15) is 5.11 Å². The van der Waals surface area contributed by atoms with Crippen molar-refractivity contribution < 1.29 is 9.52 Å². The topological polar surface area (TPSA) is 52.7 Å². The van der Waals surface area contributed by atoms with E-state index in [1.165, 1.54) is 19.3 Å². The molecular formula is C22H31N3O2. The van der Waals surface area contributed by atoms with Crippen molar-refractivity contribution in [1.29, 1.82) is 0 Å². The highest BCUT2D eigenvalue weighted by atomic mass is 16.3. The second-order valence-corrected chi connectivity index (χ2v) is 8.34. The van der Waals surface area contributed by atoms with Crippen molar-refractivity contribution in [3.63, 3.8) is 0 Å². The third-order valence-electron chi connectivity index (χ3n) is 6.63. The zero-order valence-electron chi connectivity index (χ0n) is 16.3. The molecule has 4 heterocycles. The van der Waals surface area contributed by atoms with Crippen molar-refractivity contribution in [3.8, 4) is 0 Å². The van der Waals surface area contributed by atoms with Crippen LogP contribution in [-0.2, 0) is 13.1 Å². The lowest BCUT2D eigenvalue weighted by Gasteiger charge is -2.51. The number of aliphatic hydroxyl groups excluding tert-OH is 1. The molecule has 1 atom stereocenters. The van der Waals surface area contributed by atoms with E-state index in [-0.39, 0.29) is 6.61 Å². The lowest BCUT2D eigenvalue weighted by Crippen LogP contribution is -2.53. The van der Waals surface area contributed by atoms with Gasteiger partial charge in [0.25, 0.3) is 0 Å². The van der Waals surface area contributed by atoms with E-state index < -0.39 is 0 Å². The molecule has 0 aromatic carbocycles. The summed E-state index contributed by atoms with van der Waals surface area (Å²) in [7, 11) is 0. The minimum absolute atomic E-state index is 0.286. The van der Waals surface area contributed by atoms with E-state index >= 15 is 0 Å². The summed E-state index contributed by atoms with van der Waals surface area (Å²) in [5.41, 5.74) is 1.45. The number of hydrogen-bond acceptors (Lipinski definition) is 5. The third-order valence-corrected chi connectivity index (χ3v) is 6.63. The molecule has 0 radical (unpaired) electrons. The summed E-state index contributed by atoms with van der Waals surface area (Å²) in [4.78, 5) is 9.43. The summed E-state index contributed by atoms with van der Waals surface area (Å²) in [6.45, 7) is 8.33. The number of rotatable bonds is 5. The molecule has 2 aromatic rings. The Bertz CT molecular complexity index is 722. The van der Waals surface area contributed by atoms with Gasteiger partial charge in [0.2, 0.25) is 0 Å². The molecule has 0 aliphatic carbocycles. The summed E-state index contributed by atoms with van der Waals surface area (Å²) < 4.78 is 5.75. The highest BCUT2D eigenvalue weighted by Gasteiger charge is 2.44. The number of hydrogen-bond donors (Lipinski definition) is 1. The van der Waals surface area contributed by atoms with Crippen molar-refractivity contribution in [2.45, 2.75) is 39.3 Å². The lowest BCUT2D eigenvalue weighted by atomic mass is 9.64. The Morgan fingerprint density at radius 3 is 2.48 bits per heavy atom. The second-order valence-electron chi connectivity index (χ2n) is 8.34. The van der Waals surface area contributed by atoms with Crippen molar-refractivity contribution in [2.24, 2.45) is 11.3 Å². The van der Waals surface area contributed by atoms with Gasteiger partial charge in [-0.3, -0.25) is 14.8 Å². The molecule has 0 bridgehead atoms. The van der Waals surface area contributed by atoms with Crippen LogP contribution in [0.25, 0.3) is 0 Å². The van der Waals surface area contributed by atoms with E-state index in [2.05, 4.69) is 33.0 Å². The first-order valence-corrected chi connectivity index (χ1v) is 10.2. The average Bonchev–Trinajstić information content (AvgIpc) is 3.11. The first-order valence-electron chi connectivity index (χ1n) is 10.2. The summed E-state index contributed by atoms with van der Waals surface area (Å²) >= 11 is 0. The number of furan rings is 1. The van der Waals surface area contributed by atoms with Crippen molar-refractivity contribution in [2.75, 3.05) is 32.8 Å². The van der Waals surface area contributed by atoms with Crippen LogP contribution in [-0.4, -0.2) is 52.7 Å². The maximum absolute atomic E-state index is 10.1. The second kappa shape index (κ2) is 8.13. The summed E-state index contributed by atoms with van der Waals surface area (Å²) in [6, 6.07) is 10.2. The minimum Gasteiger partial charge on any atom is -0.465 e. The van der Waals surface area contributed by atoms with Gasteiger partial charge in [-0.25, -0.2) is 0 Å². The van der Waals surface area contributed by atoms with E-state index in [0.29, 0.717) is 11.3 Å². The van der Waals surface area contributed by atoms with Gasteiger partial charge in [0, 0.05) is 31.8 Å². The molecule has 5 nitrogen and oxygen atoms in total. The molecule has 0 amide bonds. The number of pyridine rings is 1. The first kappa shape index (κ1) is 18.7. The van der Waals surface area contributed by atoms with Gasteiger partial charge in [-0.05, 0) is 75.5 Å². The highest BCUT2D eigenvalue weighted by Crippen LogP contribution is 2.45. The zero-order chi connectivity index (χ0) is 18.7. The summed E-state index contributed by atoms with van der Waals surface area (Å²) in [6.07, 6.45) is 5.41. The van der Waals surface area contributed by atoms with Crippen LogP contribution in [0, 0.1) is 18.3 Å². The number of nitrogens with zero attached hydrogens (tertiary/aromatic N) is 3. The standard InChI is InChI=1S/C22H31N3O2/c1-18-5-6-21(27-18)16-25-13-9-22(19(14-25)17-26)7-11-24(12-8-22)15-20-4-2-3-10-23-20/h2-6,10,19,26H,7-9,11-17H2,1H3/t19-/m1/s1. The van der Waals surface area contributed by atoms with Gasteiger partial charge < -0.3 is 9.52 Å². The van der Waals surface area contributed by atoms with Crippen LogP contribution >= 0.6 is 0 Å². The number of likely N-dealkylation sites (tertiary alicyclic amines) is 2. The van der Waals surface area contributed by atoms with E-state index in [0.717, 1.165) is 56.5 Å². The van der Waals surface area contributed by atoms with Crippen molar-refractivity contribution >= 4 is 0 Å². The van der Waals surface area contributed by atoms with E-state index in [1.807, 2.05) is 25.3 Å². The Morgan fingerprint density at radius 2 is 1.85 bits per heavy atom. The van der Waals surface area contributed by atoms with Gasteiger partial charge in [0.1, 0.15) is 11.5 Å².